The minimum absolute atomic E-state index is 0.198. The van der Waals surface area contributed by atoms with Crippen LogP contribution in [0.2, 0.25) is 0 Å². The van der Waals surface area contributed by atoms with Gasteiger partial charge in [-0.05, 0) is 31.0 Å². The Balaban J connectivity index is 2.39. The molecule has 1 saturated heterocycles. The standard InChI is InChI=1S/C14H18F3N/c1-3-12-13(2,7-8-18-12)10-5-4-6-11(9-10)14(15,16)17/h4-6,9,12,18H,3,7-8H2,1-2H3. The fourth-order valence-corrected chi connectivity index (χ4v) is 2.90. The van der Waals surface area contributed by atoms with Gasteiger partial charge in [-0.15, -0.1) is 0 Å². The van der Waals surface area contributed by atoms with Gasteiger partial charge in [0.1, 0.15) is 0 Å². The van der Waals surface area contributed by atoms with E-state index in [1.807, 2.05) is 6.07 Å². The lowest BCUT2D eigenvalue weighted by Gasteiger charge is -2.31. The first-order valence-electron chi connectivity index (χ1n) is 6.29. The monoisotopic (exact) mass is 257 g/mol. The van der Waals surface area contributed by atoms with Crippen LogP contribution in [-0.2, 0) is 11.6 Å². The summed E-state index contributed by atoms with van der Waals surface area (Å²) in [5.41, 5.74) is 0.0351. The number of hydrogen-bond acceptors (Lipinski definition) is 1. The van der Waals surface area contributed by atoms with Gasteiger partial charge >= 0.3 is 6.18 Å². The van der Waals surface area contributed by atoms with Gasteiger partial charge in [0.15, 0.2) is 0 Å². The molecule has 1 N–H and O–H groups in total. The number of rotatable bonds is 2. The molecule has 0 aromatic heterocycles. The summed E-state index contributed by atoms with van der Waals surface area (Å²) in [7, 11) is 0. The summed E-state index contributed by atoms with van der Waals surface area (Å²) in [5, 5.41) is 3.37. The zero-order valence-electron chi connectivity index (χ0n) is 10.6. The van der Waals surface area contributed by atoms with Gasteiger partial charge in [0.05, 0.1) is 5.56 Å². The molecule has 1 nitrogen and oxygen atoms in total. The summed E-state index contributed by atoms with van der Waals surface area (Å²) < 4.78 is 38.2. The molecular formula is C14H18F3N. The van der Waals surface area contributed by atoms with E-state index in [0.717, 1.165) is 31.0 Å². The molecular weight excluding hydrogens is 239 g/mol. The third-order valence-electron chi connectivity index (χ3n) is 4.06. The lowest BCUT2D eigenvalue weighted by atomic mass is 9.75. The number of hydrogen-bond donors (Lipinski definition) is 1. The first kappa shape index (κ1) is 13.4. The second-order valence-corrected chi connectivity index (χ2v) is 5.16. The van der Waals surface area contributed by atoms with Crippen LogP contribution in [-0.4, -0.2) is 12.6 Å². The Labute approximate surface area is 105 Å². The average molecular weight is 257 g/mol. The van der Waals surface area contributed by atoms with Crippen molar-refractivity contribution < 1.29 is 13.2 Å². The summed E-state index contributed by atoms with van der Waals surface area (Å²) in [6, 6.07) is 6.01. The molecule has 0 spiro atoms. The van der Waals surface area contributed by atoms with E-state index in [2.05, 4.69) is 19.2 Å². The molecule has 2 atom stereocenters. The third-order valence-corrected chi connectivity index (χ3v) is 4.06. The maximum Gasteiger partial charge on any atom is 0.416 e. The van der Waals surface area contributed by atoms with Crippen LogP contribution in [0.5, 0.6) is 0 Å². The van der Waals surface area contributed by atoms with Crippen molar-refractivity contribution in [3.05, 3.63) is 35.4 Å². The Morgan fingerprint density at radius 2 is 2.11 bits per heavy atom. The van der Waals surface area contributed by atoms with E-state index in [0.29, 0.717) is 0 Å². The molecule has 0 saturated carbocycles. The van der Waals surface area contributed by atoms with Crippen LogP contribution in [0.15, 0.2) is 24.3 Å². The molecule has 1 aliphatic rings. The normalized spacial score (nSPS) is 28.6. The van der Waals surface area contributed by atoms with E-state index in [4.69, 9.17) is 0 Å². The smallest absolute Gasteiger partial charge is 0.313 e. The lowest BCUT2D eigenvalue weighted by Crippen LogP contribution is -2.37. The molecule has 0 amide bonds. The molecule has 2 unspecified atom stereocenters. The molecule has 18 heavy (non-hydrogen) atoms. The number of benzene rings is 1. The van der Waals surface area contributed by atoms with Crippen molar-refractivity contribution in [3.63, 3.8) is 0 Å². The Morgan fingerprint density at radius 3 is 2.72 bits per heavy atom. The first-order chi connectivity index (χ1) is 8.38. The summed E-state index contributed by atoms with van der Waals surface area (Å²) in [5.74, 6) is 0. The molecule has 4 heteroatoms. The van der Waals surface area contributed by atoms with Crippen LogP contribution in [0, 0.1) is 0 Å². The van der Waals surface area contributed by atoms with E-state index in [-0.39, 0.29) is 11.5 Å². The van der Waals surface area contributed by atoms with Gasteiger partial charge in [-0.25, -0.2) is 0 Å². The summed E-state index contributed by atoms with van der Waals surface area (Å²) in [6.45, 7) is 4.98. The largest absolute Gasteiger partial charge is 0.416 e. The van der Waals surface area contributed by atoms with Gasteiger partial charge in [-0.2, -0.15) is 13.2 Å². The summed E-state index contributed by atoms with van der Waals surface area (Å²) >= 11 is 0. The van der Waals surface area contributed by atoms with Crippen molar-refractivity contribution in [3.8, 4) is 0 Å². The predicted octanol–water partition coefficient (Wildman–Crippen LogP) is 3.74. The summed E-state index contributed by atoms with van der Waals surface area (Å²) in [4.78, 5) is 0. The number of nitrogens with one attached hydrogen (secondary N) is 1. The molecule has 0 radical (unpaired) electrons. The van der Waals surface area contributed by atoms with Gasteiger partial charge in [0, 0.05) is 11.5 Å². The Hall–Kier alpha value is -1.03. The molecule has 1 aromatic carbocycles. The van der Waals surface area contributed by atoms with E-state index in [1.165, 1.54) is 12.1 Å². The fraction of sp³-hybridized carbons (Fsp3) is 0.571. The van der Waals surface area contributed by atoms with E-state index >= 15 is 0 Å². The van der Waals surface area contributed by atoms with E-state index in [9.17, 15) is 13.2 Å². The lowest BCUT2D eigenvalue weighted by molar-refractivity contribution is -0.137. The van der Waals surface area contributed by atoms with Crippen LogP contribution < -0.4 is 5.32 Å². The number of alkyl halides is 3. The molecule has 1 aliphatic heterocycles. The quantitative estimate of drug-likeness (QED) is 0.851. The Bertz CT molecular complexity index is 427. The zero-order valence-corrected chi connectivity index (χ0v) is 10.6. The zero-order chi connectivity index (χ0) is 13.4. The van der Waals surface area contributed by atoms with Crippen LogP contribution in [0.25, 0.3) is 0 Å². The Morgan fingerprint density at radius 1 is 1.39 bits per heavy atom. The van der Waals surface area contributed by atoms with Crippen LogP contribution in [0.4, 0.5) is 13.2 Å². The van der Waals surface area contributed by atoms with E-state index < -0.39 is 11.7 Å². The number of halogens is 3. The second kappa shape index (κ2) is 4.57. The topological polar surface area (TPSA) is 12.0 Å². The van der Waals surface area contributed by atoms with Crippen molar-refractivity contribution in [1.82, 2.24) is 5.32 Å². The van der Waals surface area contributed by atoms with Crippen molar-refractivity contribution in [2.24, 2.45) is 0 Å². The fourth-order valence-electron chi connectivity index (χ4n) is 2.90. The molecule has 1 heterocycles. The predicted molar refractivity (Wildman–Crippen MR) is 65.5 cm³/mol. The van der Waals surface area contributed by atoms with Gasteiger partial charge in [-0.1, -0.05) is 32.0 Å². The first-order valence-corrected chi connectivity index (χ1v) is 6.29. The van der Waals surface area contributed by atoms with Crippen LogP contribution in [0.3, 0.4) is 0 Å². The SMILES string of the molecule is CCC1NCCC1(C)c1cccc(C(F)(F)F)c1. The average Bonchev–Trinajstić information content (AvgIpc) is 2.71. The summed E-state index contributed by atoms with van der Waals surface area (Å²) in [6.07, 6.45) is -2.46. The maximum atomic E-state index is 12.7. The maximum absolute atomic E-state index is 12.7. The molecule has 100 valence electrons. The van der Waals surface area contributed by atoms with Gasteiger partial charge in [0.25, 0.3) is 0 Å². The highest BCUT2D eigenvalue weighted by molar-refractivity contribution is 5.34. The second-order valence-electron chi connectivity index (χ2n) is 5.16. The molecule has 2 rings (SSSR count). The highest BCUT2D eigenvalue weighted by Gasteiger charge is 2.40. The highest BCUT2D eigenvalue weighted by Crippen LogP contribution is 2.39. The Kier molecular flexibility index (Phi) is 3.41. The molecule has 0 aliphatic carbocycles. The van der Waals surface area contributed by atoms with Crippen molar-refractivity contribution >= 4 is 0 Å². The van der Waals surface area contributed by atoms with Crippen molar-refractivity contribution in [1.29, 1.82) is 0 Å². The van der Waals surface area contributed by atoms with Crippen molar-refractivity contribution in [2.45, 2.75) is 44.3 Å². The van der Waals surface area contributed by atoms with Crippen LogP contribution >= 0.6 is 0 Å². The molecule has 1 fully saturated rings. The van der Waals surface area contributed by atoms with Crippen LogP contribution in [0.1, 0.15) is 37.8 Å². The third kappa shape index (κ3) is 2.26. The molecule has 0 bridgehead atoms. The molecule has 1 aromatic rings. The highest BCUT2D eigenvalue weighted by atomic mass is 19.4. The van der Waals surface area contributed by atoms with Crippen molar-refractivity contribution in [2.75, 3.05) is 6.54 Å². The van der Waals surface area contributed by atoms with Gasteiger partial charge in [-0.3, -0.25) is 0 Å². The minimum atomic E-state index is -4.26. The minimum Gasteiger partial charge on any atom is -0.313 e. The van der Waals surface area contributed by atoms with Gasteiger partial charge in [0.2, 0.25) is 0 Å². The van der Waals surface area contributed by atoms with E-state index in [1.54, 1.807) is 0 Å². The van der Waals surface area contributed by atoms with Gasteiger partial charge < -0.3 is 5.32 Å².